The molecule has 0 fully saturated rings. The summed E-state index contributed by atoms with van der Waals surface area (Å²) >= 11 is 6.38. The van der Waals surface area contributed by atoms with E-state index in [1.54, 1.807) is 12.5 Å². The van der Waals surface area contributed by atoms with Crippen LogP contribution in [0.3, 0.4) is 0 Å². The topological polar surface area (TPSA) is 30.4 Å². The fraction of sp³-hybridized carbons (Fsp3) is 0.214. The Bertz CT molecular complexity index is 726. The number of aromatic nitrogens is 2. The van der Waals surface area contributed by atoms with Crippen LogP contribution in [-0.4, -0.2) is 17.7 Å². The van der Waals surface area contributed by atoms with Gasteiger partial charge >= 0.3 is 0 Å². The van der Waals surface area contributed by atoms with Gasteiger partial charge in [0.1, 0.15) is 8.07 Å². The largest absolute Gasteiger partial charge is 0.472 e. The SMILES string of the molecule is C[Si](C)(C)c1c(Cl)ccc2cc(-c3ccoc3)nn12. The van der Waals surface area contributed by atoms with Gasteiger partial charge in [-0.15, -0.1) is 0 Å². The number of rotatable bonds is 2. The third kappa shape index (κ3) is 2.11. The molecule has 0 aliphatic carbocycles. The summed E-state index contributed by atoms with van der Waals surface area (Å²) in [6.45, 7) is 6.81. The maximum absolute atomic E-state index is 6.38. The van der Waals surface area contributed by atoms with Crippen molar-refractivity contribution in [1.82, 2.24) is 9.61 Å². The van der Waals surface area contributed by atoms with E-state index in [2.05, 4.69) is 30.8 Å². The highest BCUT2D eigenvalue weighted by atomic mass is 35.5. The maximum Gasteiger partial charge on any atom is 0.103 e. The molecule has 0 amide bonds. The van der Waals surface area contributed by atoms with Crippen LogP contribution in [0.4, 0.5) is 0 Å². The van der Waals surface area contributed by atoms with Crippen LogP contribution in [0.25, 0.3) is 16.8 Å². The predicted octanol–water partition coefficient (Wildman–Crippen LogP) is 3.79. The van der Waals surface area contributed by atoms with E-state index >= 15 is 0 Å². The van der Waals surface area contributed by atoms with Crippen LogP contribution in [0.1, 0.15) is 0 Å². The highest BCUT2D eigenvalue weighted by Crippen LogP contribution is 2.22. The maximum atomic E-state index is 6.38. The quantitative estimate of drug-likeness (QED) is 0.672. The Balaban J connectivity index is 2.29. The van der Waals surface area contributed by atoms with Crippen LogP contribution in [-0.2, 0) is 0 Å². The Labute approximate surface area is 117 Å². The van der Waals surface area contributed by atoms with Gasteiger partial charge in [-0.05, 0) is 24.3 Å². The highest BCUT2D eigenvalue weighted by molar-refractivity contribution is 6.89. The summed E-state index contributed by atoms with van der Waals surface area (Å²) < 4.78 is 7.10. The summed E-state index contributed by atoms with van der Waals surface area (Å²) in [5.74, 6) is 0. The van der Waals surface area contributed by atoms with E-state index in [0.717, 1.165) is 27.1 Å². The summed E-state index contributed by atoms with van der Waals surface area (Å²) in [6, 6.07) is 7.94. The van der Waals surface area contributed by atoms with Crippen molar-refractivity contribution in [2.75, 3.05) is 0 Å². The van der Waals surface area contributed by atoms with Crippen LogP contribution in [0, 0.1) is 0 Å². The lowest BCUT2D eigenvalue weighted by molar-refractivity contribution is 0.568. The molecule has 0 saturated heterocycles. The molecule has 3 nitrogen and oxygen atoms in total. The lowest BCUT2D eigenvalue weighted by atomic mass is 10.2. The summed E-state index contributed by atoms with van der Waals surface area (Å²) in [4.78, 5) is 0. The number of furan rings is 1. The average Bonchev–Trinajstić information content (AvgIpc) is 2.94. The third-order valence-electron chi connectivity index (χ3n) is 3.10. The molecule has 0 unspecified atom stereocenters. The minimum absolute atomic E-state index is 0.800. The summed E-state index contributed by atoms with van der Waals surface area (Å²) in [5.41, 5.74) is 2.97. The van der Waals surface area contributed by atoms with Crippen molar-refractivity contribution in [3.63, 3.8) is 0 Å². The van der Waals surface area contributed by atoms with Crippen LogP contribution in [0.15, 0.2) is 41.2 Å². The van der Waals surface area contributed by atoms with Gasteiger partial charge in [0.05, 0.1) is 28.8 Å². The molecule has 0 saturated carbocycles. The molecule has 0 aromatic carbocycles. The average molecular weight is 291 g/mol. The Morgan fingerprint density at radius 1 is 1.21 bits per heavy atom. The van der Waals surface area contributed by atoms with Gasteiger partial charge < -0.3 is 4.42 Å². The first kappa shape index (κ1) is 12.5. The minimum atomic E-state index is -1.57. The molecule has 0 radical (unpaired) electrons. The fourth-order valence-corrected chi connectivity index (χ4v) is 4.87. The zero-order chi connectivity index (χ0) is 13.6. The van der Waals surface area contributed by atoms with Crippen LogP contribution < -0.4 is 5.32 Å². The molecular weight excluding hydrogens is 276 g/mol. The number of nitrogens with zero attached hydrogens (tertiary/aromatic N) is 2. The number of halogens is 1. The van der Waals surface area contributed by atoms with Crippen molar-refractivity contribution >= 4 is 30.5 Å². The number of hydrogen-bond acceptors (Lipinski definition) is 2. The van der Waals surface area contributed by atoms with Gasteiger partial charge in [-0.25, -0.2) is 4.52 Å². The van der Waals surface area contributed by atoms with E-state index in [0.29, 0.717) is 0 Å². The molecular formula is C14H15ClN2OSi. The van der Waals surface area contributed by atoms with Gasteiger partial charge in [0, 0.05) is 10.9 Å². The number of fused-ring (bicyclic) bond motifs is 1. The van der Waals surface area contributed by atoms with Crippen molar-refractivity contribution in [2.45, 2.75) is 19.6 Å². The molecule has 0 N–H and O–H groups in total. The van der Waals surface area contributed by atoms with E-state index in [-0.39, 0.29) is 0 Å². The van der Waals surface area contributed by atoms with Crippen molar-refractivity contribution in [3.8, 4) is 11.3 Å². The normalized spacial score (nSPS) is 12.2. The second-order valence-corrected chi connectivity index (χ2v) is 11.0. The van der Waals surface area contributed by atoms with E-state index in [1.165, 1.54) is 0 Å². The van der Waals surface area contributed by atoms with Gasteiger partial charge in [0.25, 0.3) is 0 Å². The van der Waals surface area contributed by atoms with Crippen LogP contribution in [0.2, 0.25) is 24.7 Å². The van der Waals surface area contributed by atoms with Crippen molar-refractivity contribution in [1.29, 1.82) is 0 Å². The second kappa shape index (κ2) is 4.25. The first-order chi connectivity index (χ1) is 8.97. The standard InChI is InChI=1S/C14H15ClN2OSi/c1-19(2,3)14-12(15)5-4-11-8-13(16-17(11)14)10-6-7-18-9-10/h4-9H,1-3H3. The van der Waals surface area contributed by atoms with Crippen LogP contribution in [0.5, 0.6) is 0 Å². The summed E-state index contributed by atoms with van der Waals surface area (Å²) in [7, 11) is -1.57. The molecule has 0 aliphatic rings. The number of hydrogen-bond donors (Lipinski definition) is 0. The second-order valence-electron chi connectivity index (χ2n) is 5.66. The fourth-order valence-electron chi connectivity index (χ4n) is 2.26. The molecule has 0 aliphatic heterocycles. The minimum Gasteiger partial charge on any atom is -0.472 e. The molecule has 3 rings (SSSR count). The molecule has 0 bridgehead atoms. The molecule has 3 heterocycles. The molecule has 98 valence electrons. The van der Waals surface area contributed by atoms with E-state index in [9.17, 15) is 0 Å². The summed E-state index contributed by atoms with van der Waals surface area (Å²) in [6.07, 6.45) is 3.36. The predicted molar refractivity (Wildman–Crippen MR) is 80.9 cm³/mol. The monoisotopic (exact) mass is 290 g/mol. The molecule has 19 heavy (non-hydrogen) atoms. The summed E-state index contributed by atoms with van der Waals surface area (Å²) in [5, 5.41) is 6.64. The molecule has 0 spiro atoms. The Hall–Kier alpha value is -1.52. The van der Waals surface area contributed by atoms with Gasteiger partial charge in [0.2, 0.25) is 0 Å². The van der Waals surface area contributed by atoms with E-state index in [4.69, 9.17) is 16.0 Å². The van der Waals surface area contributed by atoms with Gasteiger partial charge in [-0.3, -0.25) is 0 Å². The first-order valence-corrected chi connectivity index (χ1v) is 10.1. The Morgan fingerprint density at radius 3 is 2.63 bits per heavy atom. The molecule has 3 aromatic heterocycles. The zero-order valence-electron chi connectivity index (χ0n) is 11.1. The van der Waals surface area contributed by atoms with E-state index in [1.807, 2.05) is 22.7 Å². The van der Waals surface area contributed by atoms with Gasteiger partial charge in [-0.2, -0.15) is 5.10 Å². The van der Waals surface area contributed by atoms with Crippen molar-refractivity contribution < 1.29 is 4.42 Å². The Morgan fingerprint density at radius 2 is 2.00 bits per heavy atom. The van der Waals surface area contributed by atoms with Gasteiger partial charge in [0.15, 0.2) is 0 Å². The molecule has 3 aromatic rings. The van der Waals surface area contributed by atoms with Crippen molar-refractivity contribution in [3.05, 3.63) is 41.8 Å². The van der Waals surface area contributed by atoms with E-state index < -0.39 is 8.07 Å². The van der Waals surface area contributed by atoms with Crippen molar-refractivity contribution in [2.24, 2.45) is 0 Å². The third-order valence-corrected chi connectivity index (χ3v) is 5.47. The lowest BCUT2D eigenvalue weighted by Crippen LogP contribution is -2.43. The highest BCUT2D eigenvalue weighted by Gasteiger charge is 2.24. The smallest absolute Gasteiger partial charge is 0.103 e. The number of pyridine rings is 1. The molecule has 5 heteroatoms. The first-order valence-electron chi connectivity index (χ1n) is 6.18. The van der Waals surface area contributed by atoms with Gasteiger partial charge in [-0.1, -0.05) is 31.2 Å². The zero-order valence-corrected chi connectivity index (χ0v) is 12.9. The Kier molecular flexibility index (Phi) is 2.80. The molecule has 0 atom stereocenters. The van der Waals surface area contributed by atoms with Crippen LogP contribution >= 0.6 is 11.6 Å². The lowest BCUT2D eigenvalue weighted by Gasteiger charge is -2.19.